The molecule has 2 nitrogen and oxygen atoms in total. The van der Waals surface area contributed by atoms with Gasteiger partial charge in [-0.15, -0.1) is 0 Å². The lowest BCUT2D eigenvalue weighted by Crippen LogP contribution is -2.18. The predicted molar refractivity (Wildman–Crippen MR) is 157 cm³/mol. The highest BCUT2D eigenvalue weighted by molar-refractivity contribution is 5.55. The molecule has 2 aliphatic rings. The van der Waals surface area contributed by atoms with Gasteiger partial charge in [-0.1, -0.05) is 108 Å². The smallest absolute Gasteiger partial charge is 0.0337 e. The molecule has 0 heterocycles. The van der Waals surface area contributed by atoms with E-state index in [9.17, 15) is 0 Å². The van der Waals surface area contributed by atoms with E-state index in [-0.39, 0.29) is 0 Å². The fraction of sp³-hybridized carbons (Fsp3) is 0.647. The van der Waals surface area contributed by atoms with Crippen molar-refractivity contribution in [2.75, 3.05) is 11.5 Å². The molecule has 2 heteroatoms. The van der Waals surface area contributed by atoms with Crippen LogP contribution in [0.15, 0.2) is 42.5 Å². The summed E-state index contributed by atoms with van der Waals surface area (Å²) in [5.74, 6) is 3.81. The first-order valence-electron chi connectivity index (χ1n) is 15.3. The second kappa shape index (κ2) is 14.1. The van der Waals surface area contributed by atoms with Crippen LogP contribution in [-0.4, -0.2) is 0 Å². The average molecular weight is 489 g/mol. The molecule has 2 aliphatic carbocycles. The van der Waals surface area contributed by atoms with E-state index >= 15 is 0 Å². The molecule has 0 aliphatic heterocycles. The van der Waals surface area contributed by atoms with Gasteiger partial charge in [-0.2, -0.15) is 0 Å². The van der Waals surface area contributed by atoms with Crippen LogP contribution in [0.25, 0.3) is 0 Å². The van der Waals surface area contributed by atoms with Crippen LogP contribution in [0.5, 0.6) is 0 Å². The van der Waals surface area contributed by atoms with Gasteiger partial charge in [-0.3, -0.25) is 0 Å². The maximum atomic E-state index is 5.96. The minimum Gasteiger partial charge on any atom is -0.399 e. The Hall–Kier alpha value is -1.96. The molecule has 0 radical (unpaired) electrons. The van der Waals surface area contributed by atoms with Gasteiger partial charge in [0, 0.05) is 11.4 Å². The van der Waals surface area contributed by atoms with Crippen molar-refractivity contribution in [2.24, 2.45) is 17.8 Å². The molecule has 0 saturated heterocycles. The quantitative estimate of drug-likeness (QED) is 0.231. The maximum absolute atomic E-state index is 5.96. The molecule has 0 unspecified atom stereocenters. The normalized spacial score (nSPS) is 24.6. The van der Waals surface area contributed by atoms with Crippen LogP contribution in [0.1, 0.15) is 132 Å². The largest absolute Gasteiger partial charge is 0.399 e. The van der Waals surface area contributed by atoms with Gasteiger partial charge >= 0.3 is 0 Å². The molecule has 0 bridgehead atoms. The number of rotatable bonds is 12. The molecule has 2 saturated carbocycles. The van der Waals surface area contributed by atoms with E-state index in [1.54, 1.807) is 0 Å². The Kier molecular flexibility index (Phi) is 10.6. The topological polar surface area (TPSA) is 52.0 Å². The molecular formula is C34H52N2. The van der Waals surface area contributed by atoms with E-state index in [1.165, 1.54) is 119 Å². The third-order valence-electron chi connectivity index (χ3n) is 9.41. The Morgan fingerprint density at radius 3 is 1.69 bits per heavy atom. The first-order chi connectivity index (χ1) is 17.6. The zero-order valence-electron chi connectivity index (χ0n) is 23.0. The molecule has 2 aromatic rings. The summed E-state index contributed by atoms with van der Waals surface area (Å²) in [6.45, 7) is 2.31. The highest BCUT2D eigenvalue weighted by Crippen LogP contribution is 2.40. The van der Waals surface area contributed by atoms with Crippen molar-refractivity contribution >= 4 is 11.4 Å². The summed E-state index contributed by atoms with van der Waals surface area (Å²) < 4.78 is 0. The van der Waals surface area contributed by atoms with Crippen LogP contribution in [0, 0.1) is 17.8 Å². The molecule has 0 amide bonds. The molecule has 0 spiro atoms. The highest BCUT2D eigenvalue weighted by atomic mass is 14.6. The summed E-state index contributed by atoms with van der Waals surface area (Å²) in [7, 11) is 0. The Morgan fingerprint density at radius 2 is 1.11 bits per heavy atom. The number of benzene rings is 2. The molecule has 2 aromatic carbocycles. The third-order valence-corrected chi connectivity index (χ3v) is 9.41. The molecular weight excluding hydrogens is 436 g/mol. The van der Waals surface area contributed by atoms with E-state index in [4.69, 9.17) is 11.5 Å². The molecule has 36 heavy (non-hydrogen) atoms. The molecule has 2 fully saturated rings. The van der Waals surface area contributed by atoms with Gasteiger partial charge in [0.15, 0.2) is 0 Å². The zero-order valence-corrected chi connectivity index (χ0v) is 23.0. The monoisotopic (exact) mass is 488 g/mol. The summed E-state index contributed by atoms with van der Waals surface area (Å²) in [5, 5.41) is 0. The lowest BCUT2D eigenvalue weighted by atomic mass is 9.74. The Balaban J connectivity index is 1.12. The SMILES string of the molecule is CCCCCCCC1CCC(CCC2CCC(c3ccc(Cc4cc(N)cc(N)c4)cc3)CC2)CC1. The lowest BCUT2D eigenvalue weighted by molar-refractivity contribution is 0.222. The number of hydrogen-bond acceptors (Lipinski definition) is 2. The number of nitrogen functional groups attached to an aromatic ring is 2. The van der Waals surface area contributed by atoms with Crippen molar-refractivity contribution in [3.05, 3.63) is 59.2 Å². The Labute approximate surface area is 221 Å². The second-order valence-electron chi connectivity index (χ2n) is 12.3. The number of hydrogen-bond donors (Lipinski definition) is 2. The molecule has 0 aromatic heterocycles. The number of anilines is 2. The number of unbranched alkanes of at least 4 members (excludes halogenated alkanes) is 4. The molecule has 198 valence electrons. The fourth-order valence-corrected chi connectivity index (χ4v) is 7.09. The summed E-state index contributed by atoms with van der Waals surface area (Å²) in [4.78, 5) is 0. The van der Waals surface area contributed by atoms with E-state index in [0.29, 0.717) is 0 Å². The van der Waals surface area contributed by atoms with Gasteiger partial charge in [0.05, 0.1) is 0 Å². The lowest BCUT2D eigenvalue weighted by Gasteiger charge is -2.32. The van der Waals surface area contributed by atoms with Crippen molar-refractivity contribution in [1.29, 1.82) is 0 Å². The van der Waals surface area contributed by atoms with Crippen molar-refractivity contribution in [1.82, 2.24) is 0 Å². The van der Waals surface area contributed by atoms with Crippen LogP contribution in [0.4, 0.5) is 11.4 Å². The van der Waals surface area contributed by atoms with Crippen LogP contribution in [0.2, 0.25) is 0 Å². The Morgan fingerprint density at radius 1 is 0.583 bits per heavy atom. The van der Waals surface area contributed by atoms with Gasteiger partial charge < -0.3 is 11.5 Å². The summed E-state index contributed by atoms with van der Waals surface area (Å²) >= 11 is 0. The fourth-order valence-electron chi connectivity index (χ4n) is 7.09. The maximum Gasteiger partial charge on any atom is 0.0337 e. The predicted octanol–water partition coefficient (Wildman–Crippen LogP) is 9.66. The molecule has 4 N–H and O–H groups in total. The van der Waals surface area contributed by atoms with Crippen LogP contribution in [-0.2, 0) is 6.42 Å². The first kappa shape index (κ1) is 27.1. The third kappa shape index (κ3) is 8.56. The van der Waals surface area contributed by atoms with E-state index in [0.717, 1.165) is 41.5 Å². The van der Waals surface area contributed by atoms with Gasteiger partial charge in [-0.05, 0) is 90.7 Å². The van der Waals surface area contributed by atoms with Gasteiger partial charge in [0.1, 0.15) is 0 Å². The first-order valence-corrected chi connectivity index (χ1v) is 15.3. The minimum absolute atomic E-state index is 0.749. The second-order valence-corrected chi connectivity index (χ2v) is 12.3. The summed E-state index contributed by atoms with van der Waals surface area (Å²) in [5.41, 5.74) is 17.5. The summed E-state index contributed by atoms with van der Waals surface area (Å²) in [6.07, 6.45) is 24.3. The molecule has 0 atom stereocenters. The zero-order chi connectivity index (χ0) is 25.2. The Bertz CT molecular complexity index is 866. The van der Waals surface area contributed by atoms with Crippen molar-refractivity contribution < 1.29 is 0 Å². The number of nitrogens with two attached hydrogens (primary N) is 2. The van der Waals surface area contributed by atoms with Crippen molar-refractivity contribution in [3.63, 3.8) is 0 Å². The standard InChI is InChI=1S/C34H52N2/c1-2-3-4-5-6-7-26-8-10-27(11-9-26)12-13-28-14-18-31(19-15-28)32-20-16-29(17-21-32)22-30-23-33(35)25-34(36)24-30/h16-17,20-21,23-28,31H,2-15,18-19,22,35-36H2,1H3. The highest BCUT2D eigenvalue weighted by Gasteiger charge is 2.25. The van der Waals surface area contributed by atoms with Crippen molar-refractivity contribution in [2.45, 2.75) is 122 Å². The van der Waals surface area contributed by atoms with Crippen LogP contribution in [0.3, 0.4) is 0 Å². The van der Waals surface area contributed by atoms with Crippen molar-refractivity contribution in [3.8, 4) is 0 Å². The van der Waals surface area contributed by atoms with Gasteiger partial charge in [0.2, 0.25) is 0 Å². The van der Waals surface area contributed by atoms with E-state index < -0.39 is 0 Å². The van der Waals surface area contributed by atoms with Gasteiger partial charge in [0.25, 0.3) is 0 Å². The van der Waals surface area contributed by atoms with E-state index in [1.807, 2.05) is 18.2 Å². The van der Waals surface area contributed by atoms with Crippen LogP contribution >= 0.6 is 0 Å². The van der Waals surface area contributed by atoms with Gasteiger partial charge in [-0.25, -0.2) is 0 Å². The molecule has 4 rings (SSSR count). The summed E-state index contributed by atoms with van der Waals surface area (Å²) in [6, 6.07) is 15.3. The average Bonchev–Trinajstić information content (AvgIpc) is 2.88. The minimum atomic E-state index is 0.749. The van der Waals surface area contributed by atoms with Crippen LogP contribution < -0.4 is 11.5 Å². The van der Waals surface area contributed by atoms with E-state index in [2.05, 4.69) is 31.2 Å².